The molecule has 1 fully saturated rings. The highest BCUT2D eigenvalue weighted by Crippen LogP contribution is 2.22. The summed E-state index contributed by atoms with van der Waals surface area (Å²) in [6.45, 7) is 3.43. The summed E-state index contributed by atoms with van der Waals surface area (Å²) in [6.07, 6.45) is 3.87. The fourth-order valence-electron chi connectivity index (χ4n) is 3.65. The Morgan fingerprint density at radius 2 is 2.03 bits per heavy atom. The lowest BCUT2D eigenvalue weighted by molar-refractivity contribution is -0.00805. The second-order valence-corrected chi connectivity index (χ2v) is 7.58. The molecule has 0 spiro atoms. The van der Waals surface area contributed by atoms with E-state index in [-0.39, 0.29) is 6.10 Å². The second-order valence-electron chi connectivity index (χ2n) is 7.58. The lowest BCUT2D eigenvalue weighted by Crippen LogP contribution is -2.47. The van der Waals surface area contributed by atoms with Crippen LogP contribution in [0.3, 0.4) is 0 Å². The average Bonchev–Trinajstić information content (AvgIpc) is 3.26. The van der Waals surface area contributed by atoms with E-state index in [1.165, 1.54) is 0 Å². The zero-order valence-electron chi connectivity index (χ0n) is 18.1. The molecule has 1 aliphatic heterocycles. The lowest BCUT2D eigenvalue weighted by Gasteiger charge is -2.34. The Balaban J connectivity index is 1.33. The summed E-state index contributed by atoms with van der Waals surface area (Å²) in [6, 6.07) is 18.4. The fourth-order valence-corrected chi connectivity index (χ4v) is 3.65. The number of morpholine rings is 1. The number of aliphatic imine (C=N–C) groups is 1. The van der Waals surface area contributed by atoms with Crippen LogP contribution in [-0.4, -0.2) is 47.4 Å². The van der Waals surface area contributed by atoms with Crippen LogP contribution in [0.2, 0.25) is 0 Å². The van der Waals surface area contributed by atoms with Gasteiger partial charge in [0, 0.05) is 38.9 Å². The highest BCUT2D eigenvalue weighted by molar-refractivity contribution is 5.80. The summed E-state index contributed by atoms with van der Waals surface area (Å²) in [5.74, 6) is 1.73. The Morgan fingerprint density at radius 1 is 1.19 bits per heavy atom. The molecule has 1 unspecified atom stereocenters. The van der Waals surface area contributed by atoms with Gasteiger partial charge >= 0.3 is 0 Å². The molecule has 7 heteroatoms. The quantitative estimate of drug-likeness (QED) is 0.491. The molecule has 0 amide bonds. The first-order chi connectivity index (χ1) is 15.2. The van der Waals surface area contributed by atoms with Gasteiger partial charge in [0.2, 0.25) is 0 Å². The molecule has 2 aromatic carbocycles. The third-order valence-corrected chi connectivity index (χ3v) is 5.27. The SMILES string of the molecule is CN=C(NCc1cccc(OCc2ccccc2)c1)N1CCOC(c2cnn(C)c2)C1. The van der Waals surface area contributed by atoms with E-state index >= 15 is 0 Å². The van der Waals surface area contributed by atoms with Crippen molar-refractivity contribution in [3.63, 3.8) is 0 Å². The maximum absolute atomic E-state index is 5.95. The van der Waals surface area contributed by atoms with Crippen LogP contribution in [0.1, 0.15) is 22.8 Å². The fraction of sp³-hybridized carbons (Fsp3) is 0.333. The minimum atomic E-state index is -0.00397. The molecule has 0 saturated carbocycles. The van der Waals surface area contributed by atoms with Gasteiger partial charge in [-0.3, -0.25) is 9.67 Å². The van der Waals surface area contributed by atoms with Gasteiger partial charge in [-0.25, -0.2) is 0 Å². The highest BCUT2D eigenvalue weighted by Gasteiger charge is 2.25. The van der Waals surface area contributed by atoms with Crippen LogP contribution in [0.4, 0.5) is 0 Å². The zero-order valence-corrected chi connectivity index (χ0v) is 18.1. The zero-order chi connectivity index (χ0) is 21.5. The van der Waals surface area contributed by atoms with Crippen molar-refractivity contribution in [3.05, 3.63) is 83.7 Å². The summed E-state index contributed by atoms with van der Waals surface area (Å²) in [5, 5.41) is 7.74. The summed E-state index contributed by atoms with van der Waals surface area (Å²) >= 11 is 0. The van der Waals surface area contributed by atoms with Gasteiger partial charge in [0.25, 0.3) is 0 Å². The van der Waals surface area contributed by atoms with E-state index in [1.54, 1.807) is 4.68 Å². The van der Waals surface area contributed by atoms with Crippen LogP contribution in [0, 0.1) is 0 Å². The molecule has 162 valence electrons. The van der Waals surface area contributed by atoms with Crippen molar-refractivity contribution in [2.24, 2.45) is 12.0 Å². The predicted octanol–water partition coefficient (Wildman–Crippen LogP) is 3.15. The van der Waals surface area contributed by atoms with Gasteiger partial charge in [0.15, 0.2) is 5.96 Å². The number of nitrogens with one attached hydrogen (secondary N) is 1. The van der Waals surface area contributed by atoms with Crippen molar-refractivity contribution in [2.45, 2.75) is 19.3 Å². The molecule has 31 heavy (non-hydrogen) atoms. The third-order valence-electron chi connectivity index (χ3n) is 5.27. The third kappa shape index (κ3) is 5.64. The van der Waals surface area contributed by atoms with Crippen LogP contribution in [0.15, 0.2) is 72.0 Å². The largest absolute Gasteiger partial charge is 0.489 e. The Kier molecular flexibility index (Phi) is 6.84. The van der Waals surface area contributed by atoms with Crippen LogP contribution in [0.5, 0.6) is 5.75 Å². The maximum Gasteiger partial charge on any atom is 0.194 e. The number of ether oxygens (including phenoxy) is 2. The summed E-state index contributed by atoms with van der Waals surface area (Å²) in [4.78, 5) is 6.72. The van der Waals surface area contributed by atoms with Crippen molar-refractivity contribution >= 4 is 5.96 Å². The molecule has 0 radical (unpaired) electrons. The van der Waals surface area contributed by atoms with Crippen molar-refractivity contribution in [1.82, 2.24) is 20.0 Å². The summed E-state index contributed by atoms with van der Waals surface area (Å²) < 4.78 is 13.7. The summed E-state index contributed by atoms with van der Waals surface area (Å²) in [5.41, 5.74) is 3.39. The van der Waals surface area contributed by atoms with Gasteiger partial charge in [-0.15, -0.1) is 0 Å². The van der Waals surface area contributed by atoms with E-state index in [0.717, 1.165) is 41.5 Å². The molecule has 1 saturated heterocycles. The van der Waals surface area contributed by atoms with Gasteiger partial charge in [0.1, 0.15) is 18.5 Å². The molecule has 1 aromatic heterocycles. The number of nitrogens with zero attached hydrogens (tertiary/aromatic N) is 4. The standard InChI is InChI=1S/C24H29N5O2/c1-25-24(29-11-12-30-23(17-29)21-15-27-28(2)16-21)26-14-20-9-6-10-22(13-20)31-18-19-7-4-3-5-8-19/h3-10,13,15-16,23H,11-12,14,17-18H2,1-2H3,(H,25,26). The Bertz CT molecular complexity index is 1000. The first kappa shape index (κ1) is 20.9. The van der Waals surface area contributed by atoms with Crippen molar-refractivity contribution in [2.75, 3.05) is 26.7 Å². The van der Waals surface area contributed by atoms with E-state index < -0.39 is 0 Å². The number of benzene rings is 2. The molecule has 4 rings (SSSR count). The molecule has 3 aromatic rings. The molecule has 2 heterocycles. The molecular formula is C24H29N5O2. The van der Waals surface area contributed by atoms with Crippen LogP contribution >= 0.6 is 0 Å². The molecule has 1 aliphatic rings. The predicted molar refractivity (Wildman–Crippen MR) is 121 cm³/mol. The lowest BCUT2D eigenvalue weighted by atomic mass is 10.1. The second kappa shape index (κ2) is 10.1. The number of guanidine groups is 1. The monoisotopic (exact) mass is 419 g/mol. The van der Waals surface area contributed by atoms with Crippen LogP contribution < -0.4 is 10.1 Å². The Labute approximate surface area is 183 Å². The molecule has 1 N–H and O–H groups in total. The maximum atomic E-state index is 5.95. The first-order valence-corrected chi connectivity index (χ1v) is 10.5. The first-order valence-electron chi connectivity index (χ1n) is 10.5. The number of hydrogen-bond donors (Lipinski definition) is 1. The van der Waals surface area contributed by atoms with Crippen LogP contribution in [-0.2, 0) is 24.9 Å². The average molecular weight is 420 g/mol. The highest BCUT2D eigenvalue weighted by atomic mass is 16.5. The molecular weight excluding hydrogens is 390 g/mol. The van der Waals surface area contributed by atoms with Crippen molar-refractivity contribution in [1.29, 1.82) is 0 Å². The van der Waals surface area contributed by atoms with Gasteiger partial charge < -0.3 is 19.7 Å². The Hall–Kier alpha value is -3.32. The molecule has 1 atom stereocenters. The molecule has 7 nitrogen and oxygen atoms in total. The number of aromatic nitrogens is 2. The topological polar surface area (TPSA) is 63.9 Å². The van der Waals surface area contributed by atoms with E-state index in [4.69, 9.17) is 9.47 Å². The van der Waals surface area contributed by atoms with Gasteiger partial charge in [-0.1, -0.05) is 42.5 Å². The molecule has 0 aliphatic carbocycles. The van der Waals surface area contributed by atoms with Gasteiger partial charge in [-0.2, -0.15) is 5.10 Å². The number of hydrogen-bond acceptors (Lipinski definition) is 4. The van der Waals surface area contributed by atoms with E-state index in [1.807, 2.05) is 56.8 Å². The van der Waals surface area contributed by atoms with Crippen molar-refractivity contribution < 1.29 is 9.47 Å². The van der Waals surface area contributed by atoms with E-state index in [0.29, 0.717) is 19.8 Å². The van der Waals surface area contributed by atoms with Crippen LogP contribution in [0.25, 0.3) is 0 Å². The summed E-state index contributed by atoms with van der Waals surface area (Å²) in [7, 11) is 3.73. The minimum absolute atomic E-state index is 0.00397. The number of rotatable bonds is 6. The van der Waals surface area contributed by atoms with Crippen molar-refractivity contribution in [3.8, 4) is 5.75 Å². The van der Waals surface area contributed by atoms with Gasteiger partial charge in [-0.05, 0) is 23.3 Å². The van der Waals surface area contributed by atoms with Gasteiger partial charge in [0.05, 0.1) is 19.3 Å². The minimum Gasteiger partial charge on any atom is -0.489 e. The molecule has 0 bridgehead atoms. The normalized spacial score (nSPS) is 16.9. The van der Waals surface area contributed by atoms with E-state index in [2.05, 4.69) is 44.6 Å². The number of aryl methyl sites for hydroxylation is 1. The smallest absolute Gasteiger partial charge is 0.194 e. The van der Waals surface area contributed by atoms with E-state index in [9.17, 15) is 0 Å². The Morgan fingerprint density at radius 3 is 2.81 bits per heavy atom.